The first kappa shape index (κ1) is 13.2. The second kappa shape index (κ2) is 5.32. The predicted octanol–water partition coefficient (Wildman–Crippen LogP) is 3.71. The van der Waals surface area contributed by atoms with Gasteiger partial charge in [-0.25, -0.2) is 0 Å². The average Bonchev–Trinajstić information content (AvgIpc) is 2.54. The first-order valence-corrected chi connectivity index (χ1v) is 6.59. The molecule has 0 spiro atoms. The fourth-order valence-electron chi connectivity index (χ4n) is 2.31. The van der Waals surface area contributed by atoms with E-state index in [2.05, 4.69) is 5.16 Å². The Bertz CT molecular complexity index is 848. The van der Waals surface area contributed by atoms with E-state index in [1.807, 2.05) is 49.4 Å². The molecule has 1 aromatic heterocycles. The monoisotopic (exact) mass is 281 g/mol. The van der Waals surface area contributed by atoms with Crippen LogP contribution in [0, 0.1) is 6.92 Å². The van der Waals surface area contributed by atoms with Crippen LogP contribution in [0.4, 0.5) is 0 Å². The minimum atomic E-state index is 0.491. The molecule has 4 heteroatoms. The van der Waals surface area contributed by atoms with Crippen molar-refractivity contribution in [2.75, 3.05) is 7.11 Å². The highest BCUT2D eigenvalue weighted by Crippen LogP contribution is 2.25. The molecule has 4 nitrogen and oxygen atoms in total. The highest BCUT2D eigenvalue weighted by molar-refractivity contribution is 5.81. The first-order valence-electron chi connectivity index (χ1n) is 6.59. The standard InChI is InChI=1S/C17H15NO3/c1-11-4-3-5-14-15(18-19)10-16(21-17(11)14)12-6-8-13(20-2)9-7-12/h3-10,19H,1-2H3/b18-15+. The molecule has 2 aromatic carbocycles. The number of para-hydroxylation sites is 1. The summed E-state index contributed by atoms with van der Waals surface area (Å²) in [6, 6.07) is 15.0. The van der Waals surface area contributed by atoms with Crippen LogP contribution < -0.4 is 10.1 Å². The Morgan fingerprint density at radius 2 is 1.86 bits per heavy atom. The summed E-state index contributed by atoms with van der Waals surface area (Å²) in [6.45, 7) is 1.96. The van der Waals surface area contributed by atoms with Crippen LogP contribution in [0.15, 0.2) is 58.1 Å². The normalized spacial score (nSPS) is 11.8. The van der Waals surface area contributed by atoms with Crippen molar-refractivity contribution in [3.05, 3.63) is 59.5 Å². The van der Waals surface area contributed by atoms with Crippen LogP contribution >= 0.6 is 0 Å². The molecular weight excluding hydrogens is 266 g/mol. The van der Waals surface area contributed by atoms with Gasteiger partial charge in [0.1, 0.15) is 22.5 Å². The summed E-state index contributed by atoms with van der Waals surface area (Å²) in [7, 11) is 1.63. The van der Waals surface area contributed by atoms with E-state index in [9.17, 15) is 5.21 Å². The highest BCUT2D eigenvalue weighted by Gasteiger charge is 2.08. The second-order valence-corrected chi connectivity index (χ2v) is 4.78. The number of rotatable bonds is 2. The van der Waals surface area contributed by atoms with Crippen molar-refractivity contribution in [2.45, 2.75) is 6.92 Å². The van der Waals surface area contributed by atoms with Gasteiger partial charge in [0.05, 0.1) is 7.11 Å². The Hall–Kier alpha value is -2.75. The molecule has 0 unspecified atom stereocenters. The molecule has 0 aliphatic carbocycles. The molecule has 0 aliphatic rings. The first-order chi connectivity index (χ1) is 10.2. The van der Waals surface area contributed by atoms with Crippen molar-refractivity contribution in [1.29, 1.82) is 0 Å². The number of nitrogens with zero attached hydrogens (tertiary/aromatic N) is 1. The van der Waals surface area contributed by atoms with Crippen molar-refractivity contribution in [3.8, 4) is 17.1 Å². The fraction of sp³-hybridized carbons (Fsp3) is 0.118. The highest BCUT2D eigenvalue weighted by atomic mass is 16.5. The number of hydrogen-bond donors (Lipinski definition) is 1. The molecule has 0 saturated carbocycles. The van der Waals surface area contributed by atoms with Gasteiger partial charge in [0.2, 0.25) is 0 Å². The number of hydrogen-bond acceptors (Lipinski definition) is 4. The molecule has 0 atom stereocenters. The van der Waals surface area contributed by atoms with Gasteiger partial charge in [-0.05, 0) is 42.8 Å². The lowest BCUT2D eigenvalue weighted by molar-refractivity contribution is 0.302. The van der Waals surface area contributed by atoms with Crippen LogP contribution in [0.2, 0.25) is 0 Å². The van der Waals surface area contributed by atoms with E-state index in [0.29, 0.717) is 11.1 Å². The molecular formula is C17H15NO3. The molecule has 1 heterocycles. The average molecular weight is 281 g/mol. The van der Waals surface area contributed by atoms with Gasteiger partial charge in [-0.2, -0.15) is 0 Å². The summed E-state index contributed by atoms with van der Waals surface area (Å²) < 4.78 is 11.1. The quantitative estimate of drug-likeness (QED) is 0.575. The lowest BCUT2D eigenvalue weighted by atomic mass is 10.1. The number of methoxy groups -OCH3 is 1. The Balaban J connectivity index is 2.25. The molecule has 0 amide bonds. The van der Waals surface area contributed by atoms with Crippen molar-refractivity contribution in [3.63, 3.8) is 0 Å². The smallest absolute Gasteiger partial charge is 0.139 e. The lowest BCUT2D eigenvalue weighted by Gasteiger charge is -2.07. The van der Waals surface area contributed by atoms with E-state index in [4.69, 9.17) is 9.15 Å². The van der Waals surface area contributed by atoms with E-state index in [1.165, 1.54) is 0 Å². The Kier molecular flexibility index (Phi) is 3.36. The number of ether oxygens (including phenoxy) is 1. The minimum Gasteiger partial charge on any atom is -0.497 e. The molecule has 0 bridgehead atoms. The molecule has 106 valence electrons. The number of fused-ring (bicyclic) bond motifs is 1. The van der Waals surface area contributed by atoms with Crippen molar-refractivity contribution in [2.24, 2.45) is 5.16 Å². The summed E-state index contributed by atoms with van der Waals surface area (Å²) in [4.78, 5) is 0. The van der Waals surface area contributed by atoms with Crippen LogP contribution in [0.3, 0.4) is 0 Å². The van der Waals surface area contributed by atoms with Gasteiger partial charge in [0.25, 0.3) is 0 Å². The third kappa shape index (κ3) is 2.36. The minimum absolute atomic E-state index is 0.491. The maximum Gasteiger partial charge on any atom is 0.139 e. The van der Waals surface area contributed by atoms with Crippen molar-refractivity contribution in [1.82, 2.24) is 0 Å². The summed E-state index contributed by atoms with van der Waals surface area (Å²) >= 11 is 0. The maximum absolute atomic E-state index is 9.24. The summed E-state index contributed by atoms with van der Waals surface area (Å²) in [6.07, 6.45) is 0. The molecule has 3 rings (SSSR count). The molecule has 0 aliphatic heterocycles. The van der Waals surface area contributed by atoms with Gasteiger partial charge >= 0.3 is 0 Å². The second-order valence-electron chi connectivity index (χ2n) is 4.78. The van der Waals surface area contributed by atoms with E-state index in [-0.39, 0.29) is 0 Å². The molecule has 3 aromatic rings. The van der Waals surface area contributed by atoms with Crippen LogP contribution in [-0.2, 0) is 0 Å². The van der Waals surface area contributed by atoms with Crippen molar-refractivity contribution >= 4 is 11.0 Å². The van der Waals surface area contributed by atoms with Crippen molar-refractivity contribution < 1.29 is 14.4 Å². The lowest BCUT2D eigenvalue weighted by Crippen LogP contribution is -2.03. The van der Waals surface area contributed by atoms with Gasteiger partial charge in [-0.1, -0.05) is 17.3 Å². The molecule has 0 fully saturated rings. The maximum atomic E-state index is 9.24. The van der Waals surface area contributed by atoms with E-state index < -0.39 is 0 Å². The van der Waals surface area contributed by atoms with Crippen LogP contribution in [0.25, 0.3) is 22.3 Å². The Morgan fingerprint density at radius 1 is 1.10 bits per heavy atom. The zero-order valence-electron chi connectivity index (χ0n) is 11.8. The Labute approximate surface area is 121 Å². The topological polar surface area (TPSA) is 55.0 Å². The summed E-state index contributed by atoms with van der Waals surface area (Å²) in [5.41, 5.74) is 2.61. The summed E-state index contributed by atoms with van der Waals surface area (Å²) in [5.74, 6) is 1.43. The predicted molar refractivity (Wildman–Crippen MR) is 80.3 cm³/mol. The number of benzene rings is 2. The van der Waals surface area contributed by atoms with Crippen LogP contribution in [0.5, 0.6) is 5.75 Å². The van der Waals surface area contributed by atoms with Crippen LogP contribution in [0.1, 0.15) is 5.56 Å². The SMILES string of the molecule is COc1ccc(-c2c/c(=N\O)c3cccc(C)c3o2)cc1. The van der Waals surface area contributed by atoms with Gasteiger partial charge in [-0.3, -0.25) is 0 Å². The molecule has 1 N–H and O–H groups in total. The van der Waals surface area contributed by atoms with E-state index in [1.54, 1.807) is 13.2 Å². The zero-order chi connectivity index (χ0) is 14.8. The third-order valence-corrected chi connectivity index (χ3v) is 3.45. The fourth-order valence-corrected chi connectivity index (χ4v) is 2.31. The molecule has 0 saturated heterocycles. The van der Waals surface area contributed by atoms with Crippen LogP contribution in [-0.4, -0.2) is 12.3 Å². The largest absolute Gasteiger partial charge is 0.497 e. The molecule has 21 heavy (non-hydrogen) atoms. The van der Waals surface area contributed by atoms with E-state index in [0.717, 1.165) is 27.8 Å². The summed E-state index contributed by atoms with van der Waals surface area (Å²) in [5, 5.41) is 13.9. The zero-order valence-corrected chi connectivity index (χ0v) is 11.8. The third-order valence-electron chi connectivity index (χ3n) is 3.45. The Morgan fingerprint density at radius 3 is 2.52 bits per heavy atom. The molecule has 0 radical (unpaired) electrons. The van der Waals surface area contributed by atoms with Gasteiger partial charge < -0.3 is 14.4 Å². The van der Waals surface area contributed by atoms with Gasteiger partial charge in [0, 0.05) is 17.0 Å². The van der Waals surface area contributed by atoms with E-state index >= 15 is 0 Å². The van der Waals surface area contributed by atoms with Gasteiger partial charge in [-0.15, -0.1) is 0 Å². The number of aryl methyl sites for hydroxylation is 1. The van der Waals surface area contributed by atoms with Gasteiger partial charge in [0.15, 0.2) is 0 Å².